The molecule has 4 heteroatoms. The minimum absolute atomic E-state index is 0.00699. The van der Waals surface area contributed by atoms with Crippen molar-refractivity contribution in [1.82, 2.24) is 5.06 Å². The molecule has 3 rings (SSSR count). The van der Waals surface area contributed by atoms with Crippen LogP contribution in [0.25, 0.3) is 0 Å². The number of benzene rings is 1. The smallest absolute Gasteiger partial charge is 0.175 e. The third-order valence-corrected chi connectivity index (χ3v) is 7.67. The fraction of sp³-hybridized carbons (Fsp3) is 0.760. The van der Waals surface area contributed by atoms with Gasteiger partial charge < -0.3 is 9.47 Å². The fourth-order valence-electron chi connectivity index (χ4n) is 5.30. The van der Waals surface area contributed by atoms with Gasteiger partial charge in [0.2, 0.25) is 0 Å². The third kappa shape index (κ3) is 4.01. The predicted molar refractivity (Wildman–Crippen MR) is 117 cm³/mol. The molecule has 1 aromatic rings. The van der Waals surface area contributed by atoms with Crippen molar-refractivity contribution in [3.63, 3.8) is 0 Å². The lowest BCUT2D eigenvalue weighted by molar-refractivity contribution is -0.380. The summed E-state index contributed by atoms with van der Waals surface area (Å²) in [7, 11) is 0. The second-order valence-electron chi connectivity index (χ2n) is 9.56. The number of nitrogens with zero attached hydrogens (tertiary/aromatic N) is 1. The van der Waals surface area contributed by atoms with E-state index in [9.17, 15) is 0 Å². The highest BCUT2D eigenvalue weighted by atomic mass is 16.8. The van der Waals surface area contributed by atoms with Gasteiger partial charge in [0.1, 0.15) is 6.10 Å². The molecule has 2 saturated heterocycles. The largest absolute Gasteiger partial charge is 0.347 e. The Hall–Kier alpha value is -0.940. The summed E-state index contributed by atoms with van der Waals surface area (Å²) in [6.45, 7) is 16.5. The zero-order chi connectivity index (χ0) is 21.3. The predicted octanol–water partition coefficient (Wildman–Crippen LogP) is 6.27. The topological polar surface area (TPSA) is 30.9 Å². The van der Waals surface area contributed by atoms with Crippen molar-refractivity contribution >= 4 is 0 Å². The first-order chi connectivity index (χ1) is 13.7. The van der Waals surface area contributed by atoms with Crippen LogP contribution < -0.4 is 0 Å². The van der Waals surface area contributed by atoms with Crippen molar-refractivity contribution in [3.05, 3.63) is 35.9 Å². The number of hydrogen-bond acceptors (Lipinski definition) is 4. The van der Waals surface area contributed by atoms with Crippen LogP contribution in [0.15, 0.2) is 30.3 Å². The van der Waals surface area contributed by atoms with Crippen molar-refractivity contribution in [2.75, 3.05) is 6.61 Å². The average molecular weight is 404 g/mol. The molecule has 0 amide bonds. The van der Waals surface area contributed by atoms with E-state index < -0.39 is 5.79 Å². The molecular formula is C25H41NO3. The first kappa shape index (κ1) is 22.7. The van der Waals surface area contributed by atoms with E-state index in [0.717, 1.165) is 32.1 Å². The van der Waals surface area contributed by atoms with E-state index in [-0.39, 0.29) is 29.2 Å². The van der Waals surface area contributed by atoms with Gasteiger partial charge in [0.05, 0.1) is 18.2 Å². The summed E-state index contributed by atoms with van der Waals surface area (Å²) < 4.78 is 13.2. The summed E-state index contributed by atoms with van der Waals surface area (Å²) in [4.78, 5) is 6.76. The van der Waals surface area contributed by atoms with Crippen LogP contribution >= 0.6 is 0 Å². The summed E-state index contributed by atoms with van der Waals surface area (Å²) in [5, 5.41) is 2.31. The van der Waals surface area contributed by atoms with Crippen molar-refractivity contribution in [2.24, 2.45) is 5.92 Å². The summed E-state index contributed by atoms with van der Waals surface area (Å²) in [5.41, 5.74) is 0.850. The number of hydrogen-bond donors (Lipinski definition) is 0. The first-order valence-corrected chi connectivity index (χ1v) is 11.6. The van der Waals surface area contributed by atoms with Gasteiger partial charge >= 0.3 is 0 Å². The Balaban J connectivity index is 1.93. The van der Waals surface area contributed by atoms with Gasteiger partial charge in [-0.25, -0.2) is 0 Å². The molecule has 0 N–H and O–H groups in total. The lowest BCUT2D eigenvalue weighted by atomic mass is 9.67. The Labute approximate surface area is 177 Å². The van der Waals surface area contributed by atoms with E-state index in [0.29, 0.717) is 6.61 Å². The van der Waals surface area contributed by atoms with Crippen LogP contribution in [-0.4, -0.2) is 34.6 Å². The molecule has 29 heavy (non-hydrogen) atoms. The molecule has 2 fully saturated rings. The molecule has 0 radical (unpaired) electrons. The van der Waals surface area contributed by atoms with Crippen LogP contribution in [0.2, 0.25) is 0 Å². The highest BCUT2D eigenvalue weighted by Gasteiger charge is 2.64. The molecule has 0 aromatic heterocycles. The number of piperidine rings is 1. The van der Waals surface area contributed by atoms with E-state index in [1.807, 2.05) is 0 Å². The van der Waals surface area contributed by atoms with Gasteiger partial charge in [0.25, 0.3) is 0 Å². The fourth-order valence-corrected chi connectivity index (χ4v) is 5.30. The summed E-state index contributed by atoms with van der Waals surface area (Å²) in [6, 6.07) is 10.5. The van der Waals surface area contributed by atoms with Gasteiger partial charge in [0, 0.05) is 17.9 Å². The molecule has 0 aliphatic carbocycles. The van der Waals surface area contributed by atoms with Crippen molar-refractivity contribution < 1.29 is 14.3 Å². The Morgan fingerprint density at radius 2 is 1.83 bits per heavy atom. The summed E-state index contributed by atoms with van der Waals surface area (Å²) >= 11 is 0. The van der Waals surface area contributed by atoms with E-state index >= 15 is 0 Å². The van der Waals surface area contributed by atoms with Gasteiger partial charge in [-0.05, 0) is 45.6 Å². The van der Waals surface area contributed by atoms with Gasteiger partial charge in [-0.2, -0.15) is 5.06 Å². The van der Waals surface area contributed by atoms with Crippen LogP contribution in [0.4, 0.5) is 0 Å². The summed E-state index contributed by atoms with van der Waals surface area (Å²) in [6.07, 6.45) is 5.16. The Bertz CT molecular complexity index is 667. The highest BCUT2D eigenvalue weighted by Crippen LogP contribution is 2.55. The highest BCUT2D eigenvalue weighted by molar-refractivity contribution is 5.17. The van der Waals surface area contributed by atoms with Crippen LogP contribution in [0.5, 0.6) is 0 Å². The molecule has 6 atom stereocenters. The Morgan fingerprint density at radius 1 is 1.14 bits per heavy atom. The molecule has 2 aliphatic rings. The van der Waals surface area contributed by atoms with Gasteiger partial charge in [0.15, 0.2) is 5.79 Å². The first-order valence-electron chi connectivity index (χ1n) is 11.6. The molecule has 0 saturated carbocycles. The Kier molecular flexibility index (Phi) is 6.79. The number of hydroxylamine groups is 2. The second kappa shape index (κ2) is 8.66. The zero-order valence-corrected chi connectivity index (χ0v) is 19.5. The second-order valence-corrected chi connectivity index (χ2v) is 9.56. The summed E-state index contributed by atoms with van der Waals surface area (Å²) in [5.74, 6) is -0.324. The van der Waals surface area contributed by atoms with E-state index in [1.54, 1.807) is 0 Å². The molecule has 2 heterocycles. The van der Waals surface area contributed by atoms with Crippen LogP contribution in [-0.2, 0) is 14.3 Å². The maximum Gasteiger partial charge on any atom is 0.175 e. The molecule has 4 nitrogen and oxygen atoms in total. The van der Waals surface area contributed by atoms with Gasteiger partial charge in [-0.15, -0.1) is 0 Å². The lowest BCUT2D eigenvalue weighted by Gasteiger charge is -2.62. The molecule has 2 aliphatic heterocycles. The van der Waals surface area contributed by atoms with Gasteiger partial charge in [-0.1, -0.05) is 64.4 Å². The molecule has 6 unspecified atom stereocenters. The van der Waals surface area contributed by atoms with E-state index in [4.69, 9.17) is 14.3 Å². The minimum Gasteiger partial charge on any atom is -0.347 e. The maximum atomic E-state index is 6.76. The quantitative estimate of drug-likeness (QED) is 0.537. The van der Waals surface area contributed by atoms with E-state index in [2.05, 4.69) is 83.9 Å². The van der Waals surface area contributed by atoms with Crippen molar-refractivity contribution in [2.45, 2.75) is 110 Å². The van der Waals surface area contributed by atoms with Crippen molar-refractivity contribution in [3.8, 4) is 0 Å². The monoisotopic (exact) mass is 403 g/mol. The molecule has 1 spiro atoms. The molecule has 1 aromatic carbocycles. The standard InChI is InChI=1S/C25H41NO3/c1-8-14-22-17-27-25(28-22)18-23(6,9-2)26(24(7,10-3)20(25)5)29-19(4)21-15-12-11-13-16-21/h11-13,15-16,19-20,22H,8-10,14,17-18H2,1-7H3. The van der Waals surface area contributed by atoms with Gasteiger partial charge in [-0.3, -0.25) is 4.84 Å². The molecule has 0 bridgehead atoms. The average Bonchev–Trinajstić information content (AvgIpc) is 3.13. The SMILES string of the molecule is CCCC1COC2(CC(C)(CC)N(OC(C)c3ccccc3)C(C)(CC)C2C)O1. The Morgan fingerprint density at radius 3 is 2.41 bits per heavy atom. The lowest BCUT2D eigenvalue weighted by Crippen LogP contribution is -2.71. The van der Waals surface area contributed by atoms with Crippen LogP contribution in [0, 0.1) is 5.92 Å². The third-order valence-electron chi connectivity index (χ3n) is 7.67. The zero-order valence-electron chi connectivity index (χ0n) is 19.5. The molecule has 164 valence electrons. The van der Waals surface area contributed by atoms with Crippen LogP contribution in [0.3, 0.4) is 0 Å². The molecular weight excluding hydrogens is 362 g/mol. The van der Waals surface area contributed by atoms with Crippen molar-refractivity contribution in [1.29, 1.82) is 0 Å². The minimum atomic E-state index is -0.523. The number of rotatable bonds is 7. The normalized spacial score (nSPS) is 39.1. The maximum absolute atomic E-state index is 6.76. The van der Waals surface area contributed by atoms with E-state index in [1.165, 1.54) is 5.56 Å². The number of ether oxygens (including phenoxy) is 2. The van der Waals surface area contributed by atoms with Crippen LogP contribution in [0.1, 0.15) is 92.2 Å².